The van der Waals surface area contributed by atoms with Crippen LogP contribution in [0.4, 0.5) is 4.39 Å². The molecule has 3 rings (SSSR count). The van der Waals surface area contributed by atoms with Crippen molar-refractivity contribution in [2.24, 2.45) is 0 Å². The molecular weight excluding hydrogens is 327 g/mol. The molecule has 138 valence electrons. The molecule has 2 unspecified atom stereocenters. The molecule has 0 aliphatic carbocycles. The summed E-state index contributed by atoms with van der Waals surface area (Å²) in [5.41, 5.74) is 2.08. The van der Waals surface area contributed by atoms with E-state index in [4.69, 9.17) is 0 Å². The van der Waals surface area contributed by atoms with Crippen molar-refractivity contribution in [2.45, 2.75) is 38.3 Å². The van der Waals surface area contributed by atoms with E-state index in [1.807, 2.05) is 30.1 Å². The summed E-state index contributed by atoms with van der Waals surface area (Å²) in [6.07, 6.45) is 3.36. The number of likely N-dealkylation sites (tertiary alicyclic amines) is 1. The lowest BCUT2D eigenvalue weighted by Crippen LogP contribution is -2.46. The molecule has 0 spiro atoms. The molecule has 0 saturated carbocycles. The molecule has 1 amide bonds. The Morgan fingerprint density at radius 1 is 1.12 bits per heavy atom. The molecule has 0 radical (unpaired) electrons. The highest BCUT2D eigenvalue weighted by Gasteiger charge is 2.27. The summed E-state index contributed by atoms with van der Waals surface area (Å²) in [6.45, 7) is 3.33. The monoisotopic (exact) mass is 354 g/mol. The molecule has 0 N–H and O–H groups in total. The van der Waals surface area contributed by atoms with E-state index in [0.29, 0.717) is 12.6 Å². The minimum Gasteiger partial charge on any atom is -0.339 e. The third-order valence-electron chi connectivity index (χ3n) is 5.25. The van der Waals surface area contributed by atoms with Crippen molar-refractivity contribution < 1.29 is 9.18 Å². The Morgan fingerprint density at radius 3 is 2.42 bits per heavy atom. The predicted octanol–water partition coefficient (Wildman–Crippen LogP) is 4.25. The Morgan fingerprint density at radius 2 is 1.77 bits per heavy atom. The molecule has 1 saturated heterocycles. The summed E-state index contributed by atoms with van der Waals surface area (Å²) in [6, 6.07) is 16.9. The zero-order valence-corrected chi connectivity index (χ0v) is 15.6. The number of hydrogen-bond donors (Lipinski definition) is 0. The van der Waals surface area contributed by atoms with Gasteiger partial charge in [-0.2, -0.15) is 0 Å². The van der Waals surface area contributed by atoms with Gasteiger partial charge >= 0.3 is 0 Å². The van der Waals surface area contributed by atoms with Gasteiger partial charge < -0.3 is 4.90 Å². The molecule has 2 atom stereocenters. The zero-order valence-electron chi connectivity index (χ0n) is 15.6. The number of piperidine rings is 1. The highest BCUT2D eigenvalue weighted by atomic mass is 19.1. The third kappa shape index (κ3) is 4.31. The second-order valence-electron chi connectivity index (χ2n) is 7.21. The van der Waals surface area contributed by atoms with Crippen LogP contribution in [0.15, 0.2) is 54.6 Å². The van der Waals surface area contributed by atoms with Gasteiger partial charge in [0.15, 0.2) is 0 Å². The zero-order chi connectivity index (χ0) is 18.5. The smallest absolute Gasteiger partial charge is 0.237 e. The van der Waals surface area contributed by atoms with Crippen molar-refractivity contribution in [2.75, 3.05) is 20.1 Å². The van der Waals surface area contributed by atoms with Gasteiger partial charge in [-0.15, -0.1) is 0 Å². The maximum Gasteiger partial charge on any atom is 0.237 e. The number of amides is 1. The SMILES string of the molecule is CC1CCCCN1C(=O)CN(C)C(c1ccccc1)c1ccc(F)cc1. The van der Waals surface area contributed by atoms with Crippen LogP contribution in [0.25, 0.3) is 0 Å². The van der Waals surface area contributed by atoms with Crippen LogP contribution < -0.4 is 0 Å². The van der Waals surface area contributed by atoms with E-state index in [-0.39, 0.29) is 17.8 Å². The Bertz CT molecular complexity index is 717. The lowest BCUT2D eigenvalue weighted by molar-refractivity contribution is -0.135. The van der Waals surface area contributed by atoms with Crippen molar-refractivity contribution in [1.82, 2.24) is 9.80 Å². The molecule has 0 bridgehead atoms. The average Bonchev–Trinajstić information content (AvgIpc) is 2.65. The maximum atomic E-state index is 13.4. The highest BCUT2D eigenvalue weighted by molar-refractivity contribution is 5.78. The summed E-state index contributed by atoms with van der Waals surface area (Å²) < 4.78 is 13.4. The standard InChI is InChI=1S/C22H27FN2O/c1-17-8-6-7-15-25(17)21(26)16-24(2)22(18-9-4-3-5-10-18)19-11-13-20(23)14-12-19/h3-5,9-14,17,22H,6-8,15-16H2,1-2H3. The summed E-state index contributed by atoms with van der Waals surface area (Å²) in [5, 5.41) is 0. The lowest BCUT2D eigenvalue weighted by Gasteiger charge is -2.36. The maximum absolute atomic E-state index is 13.4. The molecular formula is C22H27FN2O. The van der Waals surface area contributed by atoms with Crippen LogP contribution in [0.3, 0.4) is 0 Å². The summed E-state index contributed by atoms with van der Waals surface area (Å²) in [5.74, 6) is -0.0795. The first-order valence-corrected chi connectivity index (χ1v) is 9.36. The van der Waals surface area contributed by atoms with E-state index in [1.54, 1.807) is 12.1 Å². The van der Waals surface area contributed by atoms with Crippen LogP contribution in [0.5, 0.6) is 0 Å². The first-order chi connectivity index (χ1) is 12.6. The Labute approximate surface area is 155 Å². The first-order valence-electron chi connectivity index (χ1n) is 9.36. The first kappa shape index (κ1) is 18.6. The van der Waals surface area contributed by atoms with Crippen molar-refractivity contribution in [3.8, 4) is 0 Å². The molecule has 0 aromatic heterocycles. The van der Waals surface area contributed by atoms with Crippen molar-refractivity contribution in [3.63, 3.8) is 0 Å². The van der Waals surface area contributed by atoms with E-state index in [2.05, 4.69) is 24.0 Å². The van der Waals surface area contributed by atoms with Crippen LogP contribution in [0.2, 0.25) is 0 Å². The third-order valence-corrected chi connectivity index (χ3v) is 5.25. The fourth-order valence-corrected chi connectivity index (χ4v) is 3.85. The highest BCUT2D eigenvalue weighted by Crippen LogP contribution is 2.28. The number of carbonyl (C=O) groups is 1. The molecule has 2 aromatic carbocycles. The molecule has 26 heavy (non-hydrogen) atoms. The fraction of sp³-hybridized carbons (Fsp3) is 0.409. The molecule has 1 aliphatic heterocycles. The minimum atomic E-state index is -0.249. The van der Waals surface area contributed by atoms with Crippen LogP contribution in [-0.2, 0) is 4.79 Å². The van der Waals surface area contributed by atoms with Crippen molar-refractivity contribution in [3.05, 3.63) is 71.5 Å². The van der Waals surface area contributed by atoms with Gasteiger partial charge in [0.1, 0.15) is 5.82 Å². The number of carbonyl (C=O) groups excluding carboxylic acids is 1. The van der Waals surface area contributed by atoms with Gasteiger partial charge in [0.25, 0.3) is 0 Å². The number of likely N-dealkylation sites (N-methyl/N-ethyl adjacent to an activating group) is 1. The van der Waals surface area contributed by atoms with Crippen molar-refractivity contribution >= 4 is 5.91 Å². The molecule has 2 aromatic rings. The van der Waals surface area contributed by atoms with Crippen LogP contribution in [0, 0.1) is 5.82 Å². The van der Waals surface area contributed by atoms with E-state index in [9.17, 15) is 9.18 Å². The summed E-state index contributed by atoms with van der Waals surface area (Å²) in [7, 11) is 1.97. The van der Waals surface area contributed by atoms with Crippen molar-refractivity contribution in [1.29, 1.82) is 0 Å². The van der Waals surface area contributed by atoms with Gasteiger partial charge in [-0.1, -0.05) is 42.5 Å². The lowest BCUT2D eigenvalue weighted by atomic mass is 9.97. The normalized spacial score (nSPS) is 18.8. The van der Waals surface area contributed by atoms with E-state index in [0.717, 1.165) is 30.5 Å². The summed E-state index contributed by atoms with van der Waals surface area (Å²) in [4.78, 5) is 16.9. The van der Waals surface area contributed by atoms with E-state index >= 15 is 0 Å². The minimum absolute atomic E-state index is 0.0825. The van der Waals surface area contributed by atoms with Gasteiger partial charge in [0.05, 0.1) is 12.6 Å². The average molecular weight is 354 g/mol. The number of nitrogens with zero attached hydrogens (tertiary/aromatic N) is 2. The Kier molecular flexibility index (Phi) is 6.04. The van der Waals surface area contributed by atoms with Gasteiger partial charge in [-0.25, -0.2) is 4.39 Å². The quantitative estimate of drug-likeness (QED) is 0.801. The largest absolute Gasteiger partial charge is 0.339 e. The van der Waals surface area contributed by atoms with Crippen LogP contribution in [0.1, 0.15) is 43.4 Å². The number of benzene rings is 2. The second-order valence-corrected chi connectivity index (χ2v) is 7.21. The molecule has 1 aliphatic rings. The van der Waals surface area contributed by atoms with Crippen LogP contribution >= 0.6 is 0 Å². The number of hydrogen-bond acceptors (Lipinski definition) is 2. The second kappa shape index (κ2) is 8.45. The summed E-state index contributed by atoms with van der Waals surface area (Å²) >= 11 is 0. The Hall–Kier alpha value is -2.20. The topological polar surface area (TPSA) is 23.6 Å². The van der Waals surface area contributed by atoms with Gasteiger partial charge in [0, 0.05) is 12.6 Å². The van der Waals surface area contributed by atoms with Gasteiger partial charge in [-0.3, -0.25) is 9.69 Å². The number of rotatable bonds is 5. The fourth-order valence-electron chi connectivity index (χ4n) is 3.85. The molecule has 1 heterocycles. The van der Waals surface area contributed by atoms with Gasteiger partial charge in [-0.05, 0) is 56.5 Å². The molecule has 4 heteroatoms. The predicted molar refractivity (Wildman–Crippen MR) is 102 cm³/mol. The van der Waals surface area contributed by atoms with Crippen LogP contribution in [-0.4, -0.2) is 41.9 Å². The van der Waals surface area contributed by atoms with E-state index in [1.165, 1.54) is 18.6 Å². The Balaban J connectivity index is 1.82. The molecule has 1 fully saturated rings. The van der Waals surface area contributed by atoms with Gasteiger partial charge in [0.2, 0.25) is 5.91 Å². The number of halogens is 1. The molecule has 3 nitrogen and oxygen atoms in total. The van der Waals surface area contributed by atoms with E-state index < -0.39 is 0 Å².